The summed E-state index contributed by atoms with van der Waals surface area (Å²) in [5.74, 6) is 2.28. The maximum absolute atomic E-state index is 12.6. The van der Waals surface area contributed by atoms with Crippen LogP contribution in [0, 0.1) is 19.8 Å². The lowest BCUT2D eigenvalue weighted by molar-refractivity contribution is 0.0943. The maximum atomic E-state index is 12.6. The molecule has 33 heavy (non-hydrogen) atoms. The monoisotopic (exact) mass is 474 g/mol. The number of aliphatic hydroxyl groups is 1. The molecule has 1 aromatic carbocycles. The van der Waals surface area contributed by atoms with Gasteiger partial charge >= 0.3 is 0 Å². The van der Waals surface area contributed by atoms with E-state index in [0.29, 0.717) is 30.4 Å². The highest BCUT2D eigenvalue weighted by Gasteiger charge is 2.21. The molecule has 7 nitrogen and oxygen atoms in total. The molecule has 1 atom stereocenters. The number of ketones is 1. The normalized spacial score (nSPS) is 15.5. The summed E-state index contributed by atoms with van der Waals surface area (Å²) < 4.78 is 6.00. The molecule has 1 unspecified atom stereocenters. The smallest absolute Gasteiger partial charge is 0.225 e. The van der Waals surface area contributed by atoms with Gasteiger partial charge in [0.1, 0.15) is 5.75 Å². The maximum Gasteiger partial charge on any atom is 0.225 e. The SMILES string of the molecule is Cc1cc(OCCCC2CCN(c3ncc(Cl)cn3)CC2)cc(C)c1C(=O)CCC(O)CN. The van der Waals surface area contributed by atoms with Crippen molar-refractivity contribution in [3.8, 4) is 5.75 Å². The second-order valence-corrected chi connectivity index (χ2v) is 9.34. The minimum Gasteiger partial charge on any atom is -0.494 e. The first-order chi connectivity index (χ1) is 15.9. The van der Waals surface area contributed by atoms with E-state index in [4.69, 9.17) is 22.1 Å². The van der Waals surface area contributed by atoms with Gasteiger partial charge < -0.3 is 20.5 Å². The largest absolute Gasteiger partial charge is 0.494 e. The molecule has 1 fully saturated rings. The number of nitrogens with zero attached hydrogens (tertiary/aromatic N) is 3. The van der Waals surface area contributed by atoms with Crippen LogP contribution in [-0.4, -0.2) is 53.2 Å². The number of hydrogen-bond donors (Lipinski definition) is 2. The third-order valence-electron chi connectivity index (χ3n) is 6.29. The Morgan fingerprint density at radius 2 is 1.88 bits per heavy atom. The van der Waals surface area contributed by atoms with Gasteiger partial charge in [-0.25, -0.2) is 9.97 Å². The van der Waals surface area contributed by atoms with Gasteiger partial charge in [-0.15, -0.1) is 0 Å². The predicted octanol–water partition coefficient (Wildman–Crippen LogP) is 4.10. The molecule has 3 N–H and O–H groups in total. The zero-order valence-corrected chi connectivity index (χ0v) is 20.4. The first kappa shape index (κ1) is 25.4. The van der Waals surface area contributed by atoms with Gasteiger partial charge in [-0.3, -0.25) is 4.79 Å². The number of halogens is 1. The lowest BCUT2D eigenvalue weighted by atomic mass is 9.92. The summed E-state index contributed by atoms with van der Waals surface area (Å²) in [6.07, 6.45) is 7.72. The van der Waals surface area contributed by atoms with Crippen LogP contribution in [0.4, 0.5) is 5.95 Å². The number of Topliss-reactive ketones (excluding diaryl/α,β-unsaturated/α-hetero) is 1. The molecule has 180 valence electrons. The van der Waals surface area contributed by atoms with Crippen LogP contribution in [0.15, 0.2) is 24.5 Å². The molecule has 0 bridgehead atoms. The number of rotatable bonds is 11. The van der Waals surface area contributed by atoms with Gasteiger partial charge in [0.05, 0.1) is 30.1 Å². The lowest BCUT2D eigenvalue weighted by Gasteiger charge is -2.32. The Morgan fingerprint density at radius 1 is 1.24 bits per heavy atom. The van der Waals surface area contributed by atoms with Crippen LogP contribution >= 0.6 is 11.6 Å². The summed E-state index contributed by atoms with van der Waals surface area (Å²) in [6.45, 7) is 6.63. The van der Waals surface area contributed by atoms with E-state index in [-0.39, 0.29) is 12.3 Å². The molecule has 0 amide bonds. The standard InChI is InChI=1S/C25H35ClN4O3/c1-17-12-22(13-18(2)24(17)23(32)6-5-21(31)14-27)33-11-3-4-19-7-9-30(10-8-19)25-28-15-20(26)16-29-25/h12-13,15-16,19,21,31H,3-11,14,27H2,1-2H3. The molecule has 2 heterocycles. The summed E-state index contributed by atoms with van der Waals surface area (Å²) in [5, 5.41) is 10.2. The number of carbonyl (C=O) groups excluding carboxylic acids is 1. The second kappa shape index (κ2) is 12.3. The van der Waals surface area contributed by atoms with E-state index in [2.05, 4.69) is 14.9 Å². The van der Waals surface area contributed by atoms with Crippen LogP contribution in [0.25, 0.3) is 0 Å². The van der Waals surface area contributed by atoms with Gasteiger partial charge in [0.25, 0.3) is 0 Å². The quantitative estimate of drug-likeness (QED) is 0.373. The number of aliphatic hydroxyl groups excluding tert-OH is 1. The first-order valence-corrected chi connectivity index (χ1v) is 12.1. The predicted molar refractivity (Wildman–Crippen MR) is 131 cm³/mol. The Kier molecular flexibility index (Phi) is 9.47. The van der Waals surface area contributed by atoms with Crippen LogP contribution in [-0.2, 0) is 0 Å². The number of aryl methyl sites for hydroxylation is 2. The first-order valence-electron chi connectivity index (χ1n) is 11.7. The van der Waals surface area contributed by atoms with E-state index in [1.54, 1.807) is 12.4 Å². The fraction of sp³-hybridized carbons (Fsp3) is 0.560. The fourth-order valence-corrected chi connectivity index (χ4v) is 4.54. The van der Waals surface area contributed by atoms with Crippen molar-refractivity contribution in [2.75, 3.05) is 31.1 Å². The van der Waals surface area contributed by atoms with Gasteiger partial charge in [-0.1, -0.05) is 11.6 Å². The summed E-state index contributed by atoms with van der Waals surface area (Å²) in [5.41, 5.74) is 7.98. The van der Waals surface area contributed by atoms with Gasteiger partial charge in [0.2, 0.25) is 5.95 Å². The molecule has 0 radical (unpaired) electrons. The Balaban J connectivity index is 1.41. The Labute approximate surface area is 201 Å². The highest BCUT2D eigenvalue weighted by molar-refractivity contribution is 6.30. The Hall–Kier alpha value is -2.22. The molecule has 3 rings (SSSR count). The number of hydrogen-bond acceptors (Lipinski definition) is 7. The molecule has 1 aliphatic rings. The number of ether oxygens (including phenoxy) is 1. The van der Waals surface area contributed by atoms with E-state index in [9.17, 15) is 9.90 Å². The van der Waals surface area contributed by atoms with Crippen molar-refractivity contribution in [2.24, 2.45) is 11.7 Å². The van der Waals surface area contributed by atoms with E-state index in [1.165, 1.54) is 0 Å². The van der Waals surface area contributed by atoms with Crippen molar-refractivity contribution in [2.45, 2.75) is 58.5 Å². The number of benzene rings is 1. The number of piperidine rings is 1. The molecular formula is C25H35ClN4O3. The van der Waals surface area contributed by atoms with E-state index in [0.717, 1.165) is 67.2 Å². The average Bonchev–Trinajstić information content (AvgIpc) is 2.81. The van der Waals surface area contributed by atoms with Crippen LogP contribution in [0.3, 0.4) is 0 Å². The highest BCUT2D eigenvalue weighted by Crippen LogP contribution is 2.26. The van der Waals surface area contributed by atoms with Crippen LogP contribution in [0.5, 0.6) is 5.75 Å². The fourth-order valence-electron chi connectivity index (χ4n) is 4.44. The lowest BCUT2D eigenvalue weighted by Crippen LogP contribution is -2.34. The summed E-state index contributed by atoms with van der Waals surface area (Å²) in [7, 11) is 0. The summed E-state index contributed by atoms with van der Waals surface area (Å²) >= 11 is 5.87. The van der Waals surface area contributed by atoms with Gasteiger partial charge in [0.15, 0.2) is 5.78 Å². The van der Waals surface area contributed by atoms with Crippen LogP contribution < -0.4 is 15.4 Å². The van der Waals surface area contributed by atoms with Gasteiger partial charge in [-0.05, 0) is 75.1 Å². The number of aromatic nitrogens is 2. The minimum absolute atomic E-state index is 0.0411. The van der Waals surface area contributed by atoms with Crippen molar-refractivity contribution in [3.63, 3.8) is 0 Å². The van der Waals surface area contributed by atoms with Crippen molar-refractivity contribution < 1.29 is 14.6 Å². The van der Waals surface area contributed by atoms with E-state index in [1.807, 2.05) is 26.0 Å². The molecular weight excluding hydrogens is 440 g/mol. The van der Waals surface area contributed by atoms with E-state index < -0.39 is 6.10 Å². The molecule has 2 aromatic rings. The van der Waals surface area contributed by atoms with Gasteiger partial charge in [0, 0.05) is 31.6 Å². The molecule has 0 saturated carbocycles. The minimum atomic E-state index is -0.629. The number of carbonyl (C=O) groups is 1. The third-order valence-corrected chi connectivity index (χ3v) is 6.49. The average molecular weight is 475 g/mol. The van der Waals surface area contributed by atoms with Crippen LogP contribution in [0.2, 0.25) is 5.02 Å². The van der Waals surface area contributed by atoms with Gasteiger partial charge in [-0.2, -0.15) is 0 Å². The van der Waals surface area contributed by atoms with Crippen LogP contribution in [0.1, 0.15) is 60.0 Å². The van der Waals surface area contributed by atoms with Crippen molar-refractivity contribution in [1.82, 2.24) is 9.97 Å². The number of nitrogens with two attached hydrogens (primary N) is 1. The van der Waals surface area contributed by atoms with Crippen molar-refractivity contribution in [3.05, 3.63) is 46.2 Å². The zero-order valence-electron chi connectivity index (χ0n) is 19.6. The third kappa shape index (κ3) is 7.39. The number of anilines is 1. The summed E-state index contributed by atoms with van der Waals surface area (Å²) in [6, 6.07) is 3.87. The highest BCUT2D eigenvalue weighted by atomic mass is 35.5. The second-order valence-electron chi connectivity index (χ2n) is 8.91. The molecule has 1 saturated heterocycles. The van der Waals surface area contributed by atoms with E-state index >= 15 is 0 Å². The molecule has 1 aromatic heterocycles. The van der Waals surface area contributed by atoms with Crippen molar-refractivity contribution >= 4 is 23.3 Å². The summed E-state index contributed by atoms with van der Waals surface area (Å²) in [4.78, 5) is 23.4. The zero-order chi connectivity index (χ0) is 23.8. The molecule has 1 aliphatic heterocycles. The molecule has 0 spiro atoms. The van der Waals surface area contributed by atoms with Crippen molar-refractivity contribution in [1.29, 1.82) is 0 Å². The Morgan fingerprint density at radius 3 is 2.48 bits per heavy atom. The molecule has 0 aliphatic carbocycles. The topological polar surface area (TPSA) is 102 Å². The molecule has 8 heteroatoms. The Bertz CT molecular complexity index is 891.